The Morgan fingerprint density at radius 3 is 2.25 bits per heavy atom. The number of hydrogen-bond acceptors (Lipinski definition) is 3. The average molecular weight is 403 g/mol. The van der Waals surface area contributed by atoms with Crippen LogP contribution in [-0.4, -0.2) is 20.4 Å². The fourth-order valence-corrected chi connectivity index (χ4v) is 4.79. The predicted molar refractivity (Wildman–Crippen MR) is 112 cm³/mol. The van der Waals surface area contributed by atoms with Gasteiger partial charge in [-0.2, -0.15) is 0 Å². The molecule has 3 N–H and O–H groups in total. The first kappa shape index (κ1) is 20.8. The Bertz CT molecular complexity index is 935. The van der Waals surface area contributed by atoms with Crippen LogP contribution >= 0.6 is 0 Å². The molecule has 3 atom stereocenters. The molecule has 28 heavy (non-hydrogen) atoms. The van der Waals surface area contributed by atoms with Crippen LogP contribution in [0.4, 0.5) is 0 Å². The van der Waals surface area contributed by atoms with Crippen LogP contribution in [0.1, 0.15) is 57.0 Å². The second-order valence-corrected chi connectivity index (χ2v) is 11.1. The minimum atomic E-state index is -3.66. The lowest BCUT2D eigenvalue weighted by atomic mass is 9.87. The molecule has 0 heterocycles. The molecule has 6 heteroatoms. The average Bonchev–Trinajstić information content (AvgIpc) is 3.13. The number of carbonyl (C=O) groups is 1. The smallest absolute Gasteiger partial charge is 0.251 e. The van der Waals surface area contributed by atoms with E-state index in [4.69, 9.17) is 5.14 Å². The molecule has 1 amide bonds. The number of benzene rings is 1. The van der Waals surface area contributed by atoms with Crippen LogP contribution in [0.3, 0.4) is 0 Å². The lowest BCUT2D eigenvalue weighted by Crippen LogP contribution is -2.29. The summed E-state index contributed by atoms with van der Waals surface area (Å²) in [6, 6.07) is 7.83. The highest BCUT2D eigenvalue weighted by atomic mass is 32.2. The third-order valence-electron chi connectivity index (χ3n) is 6.10. The van der Waals surface area contributed by atoms with E-state index in [9.17, 15) is 13.2 Å². The van der Waals surface area contributed by atoms with Gasteiger partial charge in [0.2, 0.25) is 10.0 Å². The fraction of sp³-hybridized carbons (Fsp3) is 0.500. The zero-order chi connectivity index (χ0) is 20.9. The van der Waals surface area contributed by atoms with E-state index < -0.39 is 10.0 Å². The Morgan fingerprint density at radius 1 is 1.18 bits per heavy atom. The van der Waals surface area contributed by atoms with E-state index in [1.807, 2.05) is 30.3 Å². The third kappa shape index (κ3) is 4.08. The molecule has 1 aromatic rings. The number of primary sulfonamides is 1. The topological polar surface area (TPSA) is 89.3 Å². The molecule has 0 bridgehead atoms. The summed E-state index contributed by atoms with van der Waals surface area (Å²) in [7, 11) is -3.66. The van der Waals surface area contributed by atoms with Crippen molar-refractivity contribution in [2.24, 2.45) is 22.4 Å². The quantitative estimate of drug-likeness (QED) is 0.808. The van der Waals surface area contributed by atoms with Gasteiger partial charge < -0.3 is 5.32 Å². The summed E-state index contributed by atoms with van der Waals surface area (Å²) in [5.74, 6) is 0.385. The lowest BCUT2D eigenvalue weighted by molar-refractivity contribution is 0.0944. The molecule has 0 radical (unpaired) electrons. The summed E-state index contributed by atoms with van der Waals surface area (Å²) in [5, 5.41) is 8.36. The van der Waals surface area contributed by atoms with Crippen molar-refractivity contribution in [3.63, 3.8) is 0 Å². The Hall–Kier alpha value is -1.92. The van der Waals surface area contributed by atoms with Crippen LogP contribution in [-0.2, 0) is 15.4 Å². The van der Waals surface area contributed by atoms with Gasteiger partial charge in [0.05, 0.1) is 4.91 Å². The number of carbonyl (C=O) groups excluding carboxylic acids is 1. The maximum Gasteiger partial charge on any atom is 0.251 e. The van der Waals surface area contributed by atoms with Crippen LogP contribution < -0.4 is 10.5 Å². The van der Waals surface area contributed by atoms with E-state index in [0.717, 1.165) is 0 Å². The highest BCUT2D eigenvalue weighted by Gasteiger charge is 2.60. The standard InChI is InChI=1S/C22H30N2O3S/c1-21(2,3)16-10-6-15(7-11-16)20(25)24-19-18(22(19,4)5)14-8-12-17(13-9-14)28(23,26)27/h6-8,10-14,18-19H,9H2,1-5H3,(H,24,25)(H2,23,26,27)/t14?,18-,19-/m0/s1. The predicted octanol–water partition coefficient (Wildman–Crippen LogP) is 3.49. The number of hydrogen-bond donors (Lipinski definition) is 2. The number of allylic oxidation sites excluding steroid dienone is 3. The first-order chi connectivity index (χ1) is 12.8. The van der Waals surface area contributed by atoms with Gasteiger partial charge in [-0.3, -0.25) is 4.79 Å². The van der Waals surface area contributed by atoms with Crippen LogP contribution in [0.15, 0.2) is 47.4 Å². The highest BCUT2D eigenvalue weighted by molar-refractivity contribution is 7.93. The molecule has 1 unspecified atom stereocenters. The molecule has 0 spiro atoms. The highest BCUT2D eigenvalue weighted by Crippen LogP contribution is 2.57. The molecule has 0 saturated heterocycles. The van der Waals surface area contributed by atoms with Gasteiger partial charge in [0.25, 0.3) is 5.91 Å². The monoisotopic (exact) mass is 402 g/mol. The van der Waals surface area contributed by atoms with Gasteiger partial charge in [0, 0.05) is 11.6 Å². The molecular formula is C22H30N2O3S. The van der Waals surface area contributed by atoms with Gasteiger partial charge in [-0.15, -0.1) is 0 Å². The Kier molecular flexibility index (Phi) is 5.09. The molecule has 2 aliphatic carbocycles. The number of sulfonamides is 1. The van der Waals surface area contributed by atoms with Gasteiger partial charge in [-0.1, -0.05) is 58.9 Å². The van der Waals surface area contributed by atoms with E-state index in [1.54, 1.807) is 12.2 Å². The zero-order valence-corrected chi connectivity index (χ0v) is 18.0. The normalized spacial score (nSPS) is 26.5. The van der Waals surface area contributed by atoms with Crippen molar-refractivity contribution in [3.05, 3.63) is 58.5 Å². The van der Waals surface area contributed by atoms with Crippen molar-refractivity contribution in [2.45, 2.75) is 52.5 Å². The molecule has 1 aromatic carbocycles. The van der Waals surface area contributed by atoms with E-state index in [0.29, 0.717) is 12.0 Å². The lowest BCUT2D eigenvalue weighted by Gasteiger charge is -2.19. The molecule has 152 valence electrons. The van der Waals surface area contributed by atoms with Crippen molar-refractivity contribution in [3.8, 4) is 0 Å². The van der Waals surface area contributed by atoms with E-state index >= 15 is 0 Å². The Labute approximate surface area is 168 Å². The number of nitrogens with two attached hydrogens (primary N) is 1. The minimum absolute atomic E-state index is 0.0387. The number of rotatable bonds is 4. The van der Waals surface area contributed by atoms with Crippen LogP contribution in [0, 0.1) is 17.3 Å². The van der Waals surface area contributed by atoms with Gasteiger partial charge in [-0.25, -0.2) is 13.6 Å². The minimum Gasteiger partial charge on any atom is -0.348 e. The van der Waals surface area contributed by atoms with Crippen LogP contribution in [0.2, 0.25) is 0 Å². The summed E-state index contributed by atoms with van der Waals surface area (Å²) in [5.41, 5.74) is 1.86. The van der Waals surface area contributed by atoms with E-state index in [2.05, 4.69) is 39.9 Å². The molecule has 1 fully saturated rings. The van der Waals surface area contributed by atoms with Gasteiger partial charge in [0.15, 0.2) is 0 Å². The summed E-state index contributed by atoms with van der Waals surface area (Å²) in [6.45, 7) is 10.7. The van der Waals surface area contributed by atoms with E-state index in [1.165, 1.54) is 5.56 Å². The first-order valence-corrected chi connectivity index (χ1v) is 11.2. The van der Waals surface area contributed by atoms with E-state index in [-0.39, 0.29) is 39.5 Å². The second-order valence-electron chi connectivity index (χ2n) is 9.54. The van der Waals surface area contributed by atoms with Crippen molar-refractivity contribution >= 4 is 15.9 Å². The summed E-state index contributed by atoms with van der Waals surface area (Å²) < 4.78 is 22.9. The summed E-state index contributed by atoms with van der Waals surface area (Å²) in [4.78, 5) is 12.9. The fourth-order valence-electron chi connectivity index (χ4n) is 4.19. The molecular weight excluding hydrogens is 372 g/mol. The summed E-state index contributed by atoms with van der Waals surface area (Å²) in [6.07, 6.45) is 5.79. The molecule has 5 nitrogen and oxygen atoms in total. The Balaban J connectivity index is 1.66. The van der Waals surface area contributed by atoms with Crippen molar-refractivity contribution in [1.29, 1.82) is 0 Å². The van der Waals surface area contributed by atoms with Crippen molar-refractivity contribution < 1.29 is 13.2 Å². The third-order valence-corrected chi connectivity index (χ3v) is 7.06. The number of nitrogens with one attached hydrogen (secondary N) is 1. The van der Waals surface area contributed by atoms with Crippen molar-refractivity contribution in [1.82, 2.24) is 5.32 Å². The number of amides is 1. The second kappa shape index (κ2) is 6.85. The first-order valence-electron chi connectivity index (χ1n) is 9.64. The summed E-state index contributed by atoms with van der Waals surface area (Å²) >= 11 is 0. The molecule has 2 aliphatic rings. The zero-order valence-electron chi connectivity index (χ0n) is 17.2. The maximum absolute atomic E-state index is 12.7. The molecule has 3 rings (SSSR count). The molecule has 1 saturated carbocycles. The molecule has 0 aliphatic heterocycles. The van der Waals surface area contributed by atoms with Gasteiger partial charge in [0.1, 0.15) is 0 Å². The molecule has 0 aromatic heterocycles. The van der Waals surface area contributed by atoms with Crippen molar-refractivity contribution in [2.75, 3.05) is 0 Å². The van der Waals surface area contributed by atoms with Gasteiger partial charge >= 0.3 is 0 Å². The SMILES string of the molecule is CC(C)(C)c1ccc(C(=O)N[C@H]2[C@H](C3C=CC(S(N)(=O)=O)=CC3)C2(C)C)cc1. The Morgan fingerprint density at radius 2 is 1.79 bits per heavy atom. The van der Waals surface area contributed by atoms with Crippen LogP contribution in [0.5, 0.6) is 0 Å². The maximum atomic E-state index is 12.7. The van der Waals surface area contributed by atoms with Crippen LogP contribution in [0.25, 0.3) is 0 Å². The largest absolute Gasteiger partial charge is 0.348 e. The van der Waals surface area contributed by atoms with Gasteiger partial charge in [-0.05, 0) is 52.9 Å².